The third kappa shape index (κ3) is 3.58. The molecule has 2 aromatic rings. The number of benzene rings is 2. The van der Waals surface area contributed by atoms with Crippen LogP contribution in [0.4, 0.5) is 0 Å². The van der Waals surface area contributed by atoms with Gasteiger partial charge in [0.2, 0.25) is 0 Å². The Labute approximate surface area is 169 Å². The highest BCUT2D eigenvalue weighted by atomic mass is 16.4. The Kier molecular flexibility index (Phi) is 6.11. The predicted molar refractivity (Wildman–Crippen MR) is 107 cm³/mol. The molecular formula is C20H20BN2O6. The van der Waals surface area contributed by atoms with Gasteiger partial charge >= 0.3 is 11.9 Å². The number of aromatic carboxylic acids is 2. The standard InChI is InChI=1S/C20H20N2O6.B/c1-3-22-13(11-6-4-8-14(23)16(11)19(25)26)10-21(2)18(22)12-7-5-9-15(24)17(12)20(27)28;/h4-10,18,23-24H,3H2,1-2H3,(H,25,26)(H,27,28);. The van der Waals surface area contributed by atoms with Gasteiger partial charge in [-0.3, -0.25) is 0 Å². The molecule has 0 bridgehead atoms. The molecule has 1 aliphatic rings. The van der Waals surface area contributed by atoms with Crippen LogP contribution in [0.2, 0.25) is 0 Å². The third-order valence-electron chi connectivity index (χ3n) is 4.76. The molecule has 4 N–H and O–H groups in total. The number of carboxylic acid groups (broad SMARTS) is 2. The van der Waals surface area contributed by atoms with E-state index < -0.39 is 18.1 Å². The summed E-state index contributed by atoms with van der Waals surface area (Å²) in [5.74, 6) is -3.21. The van der Waals surface area contributed by atoms with Gasteiger partial charge in [-0.1, -0.05) is 24.3 Å². The van der Waals surface area contributed by atoms with E-state index >= 15 is 0 Å². The summed E-state index contributed by atoms with van der Waals surface area (Å²) in [6.45, 7) is 2.29. The zero-order valence-electron chi connectivity index (χ0n) is 15.9. The largest absolute Gasteiger partial charge is 0.507 e. The Morgan fingerprint density at radius 2 is 1.52 bits per heavy atom. The SMILES string of the molecule is CCN1C(c2cccc(O)c2C(=O)O)=CN(C)C1c1cccc(O)c1C(=O)O.[B]. The quantitative estimate of drug-likeness (QED) is 0.570. The van der Waals surface area contributed by atoms with E-state index in [2.05, 4.69) is 0 Å². The van der Waals surface area contributed by atoms with Gasteiger partial charge in [-0.05, 0) is 19.1 Å². The van der Waals surface area contributed by atoms with E-state index in [0.29, 0.717) is 23.4 Å². The van der Waals surface area contributed by atoms with Crippen LogP contribution in [-0.4, -0.2) is 64.2 Å². The average Bonchev–Trinajstić information content (AvgIpc) is 2.96. The Morgan fingerprint density at radius 1 is 0.966 bits per heavy atom. The van der Waals surface area contributed by atoms with Crippen molar-refractivity contribution in [2.45, 2.75) is 13.1 Å². The Hall–Kier alpha value is -3.62. The van der Waals surface area contributed by atoms with E-state index in [0.717, 1.165) is 0 Å². The van der Waals surface area contributed by atoms with Crippen molar-refractivity contribution in [1.82, 2.24) is 9.80 Å². The molecule has 1 unspecified atom stereocenters. The molecule has 2 aromatic carbocycles. The molecule has 3 rings (SSSR count). The van der Waals surface area contributed by atoms with Gasteiger partial charge in [-0.15, -0.1) is 0 Å². The van der Waals surface area contributed by atoms with E-state index in [1.54, 1.807) is 42.4 Å². The van der Waals surface area contributed by atoms with Gasteiger partial charge in [-0.25, -0.2) is 9.59 Å². The van der Waals surface area contributed by atoms with Crippen molar-refractivity contribution < 1.29 is 30.0 Å². The molecule has 9 heteroatoms. The van der Waals surface area contributed by atoms with Crippen LogP contribution in [-0.2, 0) is 0 Å². The van der Waals surface area contributed by atoms with Crippen LogP contribution in [0.5, 0.6) is 11.5 Å². The summed E-state index contributed by atoms with van der Waals surface area (Å²) < 4.78 is 0. The van der Waals surface area contributed by atoms with Crippen molar-refractivity contribution in [3.05, 3.63) is 64.9 Å². The number of carboxylic acids is 2. The maximum atomic E-state index is 11.7. The van der Waals surface area contributed by atoms with E-state index in [-0.39, 0.29) is 31.0 Å². The fourth-order valence-corrected chi connectivity index (χ4v) is 3.63. The lowest BCUT2D eigenvalue weighted by Gasteiger charge is -2.33. The minimum atomic E-state index is -1.26. The summed E-state index contributed by atoms with van der Waals surface area (Å²) in [5.41, 5.74) is 0.793. The van der Waals surface area contributed by atoms with Gasteiger partial charge in [0.1, 0.15) is 28.8 Å². The van der Waals surface area contributed by atoms with E-state index in [1.165, 1.54) is 12.1 Å². The monoisotopic (exact) mass is 395 g/mol. The molecule has 1 aliphatic heterocycles. The average molecular weight is 395 g/mol. The summed E-state index contributed by atoms with van der Waals surface area (Å²) in [7, 11) is 1.74. The van der Waals surface area contributed by atoms with Gasteiger partial charge < -0.3 is 30.2 Å². The molecule has 0 saturated heterocycles. The van der Waals surface area contributed by atoms with E-state index in [4.69, 9.17) is 0 Å². The van der Waals surface area contributed by atoms with Gasteiger partial charge in [0.05, 0.1) is 5.70 Å². The van der Waals surface area contributed by atoms with E-state index in [1.807, 2.05) is 11.8 Å². The summed E-state index contributed by atoms with van der Waals surface area (Å²) in [6, 6.07) is 8.94. The van der Waals surface area contributed by atoms with E-state index in [9.17, 15) is 30.0 Å². The van der Waals surface area contributed by atoms with Crippen LogP contribution in [0.3, 0.4) is 0 Å². The Balaban J connectivity index is 0.00000300. The number of carbonyl (C=O) groups is 2. The first-order chi connectivity index (χ1) is 13.3. The number of phenols is 2. The summed E-state index contributed by atoms with van der Waals surface area (Å²) >= 11 is 0. The second kappa shape index (κ2) is 8.18. The first-order valence-corrected chi connectivity index (χ1v) is 8.59. The molecule has 0 aromatic heterocycles. The normalized spacial score (nSPS) is 15.7. The molecule has 0 amide bonds. The zero-order valence-corrected chi connectivity index (χ0v) is 15.9. The van der Waals surface area contributed by atoms with Crippen molar-refractivity contribution in [1.29, 1.82) is 0 Å². The summed E-state index contributed by atoms with van der Waals surface area (Å²) in [5, 5.41) is 39.2. The van der Waals surface area contributed by atoms with Crippen molar-refractivity contribution in [3.63, 3.8) is 0 Å². The van der Waals surface area contributed by atoms with Crippen molar-refractivity contribution >= 4 is 26.0 Å². The van der Waals surface area contributed by atoms with Gasteiger partial charge in [0.25, 0.3) is 0 Å². The highest BCUT2D eigenvalue weighted by Gasteiger charge is 2.36. The number of aromatic hydroxyl groups is 2. The van der Waals surface area contributed by atoms with Crippen LogP contribution >= 0.6 is 0 Å². The molecule has 0 spiro atoms. The van der Waals surface area contributed by atoms with Crippen LogP contribution in [0, 0.1) is 0 Å². The molecule has 0 aliphatic carbocycles. The molecule has 1 atom stereocenters. The molecule has 0 fully saturated rings. The van der Waals surface area contributed by atoms with Crippen LogP contribution in [0.25, 0.3) is 5.70 Å². The smallest absolute Gasteiger partial charge is 0.340 e. The Morgan fingerprint density at radius 3 is 2.07 bits per heavy atom. The second-order valence-corrected chi connectivity index (χ2v) is 6.39. The van der Waals surface area contributed by atoms with Crippen molar-refractivity contribution in [2.75, 3.05) is 13.6 Å². The number of rotatable bonds is 5. The van der Waals surface area contributed by atoms with Crippen LogP contribution in [0.1, 0.15) is 44.9 Å². The molecule has 0 saturated carbocycles. The summed E-state index contributed by atoms with van der Waals surface area (Å²) in [6.07, 6.45) is 1.13. The van der Waals surface area contributed by atoms with Gasteiger partial charge in [0, 0.05) is 39.3 Å². The maximum absolute atomic E-state index is 11.7. The first-order valence-electron chi connectivity index (χ1n) is 8.59. The fraction of sp³-hybridized carbons (Fsp3) is 0.200. The Bertz CT molecular complexity index is 991. The molecule has 3 radical (unpaired) electrons. The molecule has 1 heterocycles. The number of nitrogens with zero attached hydrogens (tertiary/aromatic N) is 2. The summed E-state index contributed by atoms with van der Waals surface area (Å²) in [4.78, 5) is 27.0. The lowest BCUT2D eigenvalue weighted by Crippen LogP contribution is -2.31. The maximum Gasteiger partial charge on any atom is 0.340 e. The number of hydrogen-bond acceptors (Lipinski definition) is 6. The highest BCUT2D eigenvalue weighted by molar-refractivity contribution is 5.97. The minimum absolute atomic E-state index is 0. The van der Waals surface area contributed by atoms with Crippen molar-refractivity contribution in [2.24, 2.45) is 0 Å². The van der Waals surface area contributed by atoms with Crippen LogP contribution < -0.4 is 0 Å². The van der Waals surface area contributed by atoms with Gasteiger partial charge in [0.15, 0.2) is 0 Å². The third-order valence-corrected chi connectivity index (χ3v) is 4.76. The molecule has 149 valence electrons. The van der Waals surface area contributed by atoms with Crippen molar-refractivity contribution in [3.8, 4) is 11.5 Å². The highest BCUT2D eigenvalue weighted by Crippen LogP contribution is 2.42. The lowest BCUT2D eigenvalue weighted by molar-refractivity contribution is 0.0679. The minimum Gasteiger partial charge on any atom is -0.507 e. The van der Waals surface area contributed by atoms with Gasteiger partial charge in [-0.2, -0.15) is 0 Å². The van der Waals surface area contributed by atoms with Crippen LogP contribution in [0.15, 0.2) is 42.6 Å². The lowest BCUT2D eigenvalue weighted by atomic mass is 10.0. The molecule has 8 nitrogen and oxygen atoms in total. The number of hydrogen-bond donors (Lipinski definition) is 4. The molecule has 29 heavy (non-hydrogen) atoms. The fourth-order valence-electron chi connectivity index (χ4n) is 3.63. The first kappa shape index (κ1) is 21.7. The zero-order chi connectivity index (χ0) is 20.6. The molecular weight excluding hydrogens is 375 g/mol. The second-order valence-electron chi connectivity index (χ2n) is 6.39. The topological polar surface area (TPSA) is 122 Å². The predicted octanol–water partition coefficient (Wildman–Crippen LogP) is 2.38.